The van der Waals surface area contributed by atoms with Crippen LogP contribution in [-0.2, 0) is 49.5 Å². The molecule has 0 spiro atoms. The van der Waals surface area contributed by atoms with Gasteiger partial charge in [0.05, 0.1) is 19.4 Å². The van der Waals surface area contributed by atoms with Crippen molar-refractivity contribution < 1.29 is 52.4 Å². The van der Waals surface area contributed by atoms with E-state index in [0.29, 0.717) is 11.1 Å². The maximum atomic E-state index is 12.2. The van der Waals surface area contributed by atoms with E-state index in [1.807, 2.05) is 36.4 Å². The number of ether oxygens (including phenoxy) is 5. The second-order valence-electron chi connectivity index (χ2n) is 9.09. The van der Waals surface area contributed by atoms with Gasteiger partial charge in [0.15, 0.2) is 17.8 Å². The maximum absolute atomic E-state index is 12.2. The normalized spacial score (nSPS) is 22.1. The lowest BCUT2D eigenvalue weighted by Gasteiger charge is -2.44. The van der Waals surface area contributed by atoms with Crippen molar-refractivity contribution in [1.29, 1.82) is 0 Å². The third-order valence-electron chi connectivity index (χ3n) is 5.92. The number of carbonyl (C=O) groups is 4. The van der Waals surface area contributed by atoms with Crippen LogP contribution in [0.25, 0.3) is 11.1 Å². The Morgan fingerprint density at radius 3 is 2.27 bits per heavy atom. The van der Waals surface area contributed by atoms with Gasteiger partial charge in [0.2, 0.25) is 0 Å². The highest BCUT2D eigenvalue weighted by Gasteiger charge is 2.52. The number of hydrogen-bond donors (Lipinski definition) is 1. The molecule has 13 heteroatoms. The highest BCUT2D eigenvalue weighted by molar-refractivity contribution is 7.99. The van der Waals surface area contributed by atoms with Gasteiger partial charge < -0.3 is 33.2 Å². The molecule has 0 bridgehead atoms. The number of thioether (sulfide) groups is 1. The summed E-state index contributed by atoms with van der Waals surface area (Å²) in [6.45, 7) is 2.08. The van der Waals surface area contributed by atoms with Crippen molar-refractivity contribution in [3.05, 3.63) is 60.2 Å². The van der Waals surface area contributed by atoms with Crippen LogP contribution in [-0.4, -0.2) is 70.4 Å². The molecule has 1 aromatic heterocycles. The number of carbonyl (C=O) groups excluding carboxylic acids is 3. The van der Waals surface area contributed by atoms with E-state index in [1.165, 1.54) is 13.8 Å². The molecule has 0 saturated carbocycles. The molecule has 2 aromatic carbocycles. The van der Waals surface area contributed by atoms with Crippen molar-refractivity contribution in [3.8, 4) is 0 Å². The van der Waals surface area contributed by atoms with Gasteiger partial charge in [0.25, 0.3) is 5.22 Å². The predicted octanol–water partition coefficient (Wildman–Crippen LogP) is 3.50. The van der Waals surface area contributed by atoms with E-state index >= 15 is 0 Å². The zero-order valence-corrected chi connectivity index (χ0v) is 23.1. The Morgan fingerprint density at radius 2 is 1.59 bits per heavy atom. The number of aliphatic carboxylic acids is 1. The van der Waals surface area contributed by atoms with Crippen LogP contribution in [0.1, 0.15) is 32.3 Å². The molecule has 0 radical (unpaired) electrons. The first kappa shape index (κ1) is 30.0. The fourth-order valence-electron chi connectivity index (χ4n) is 4.17. The highest BCUT2D eigenvalue weighted by Crippen LogP contribution is 2.38. The van der Waals surface area contributed by atoms with Crippen molar-refractivity contribution >= 4 is 46.7 Å². The summed E-state index contributed by atoms with van der Waals surface area (Å²) in [7, 11) is 0. The molecule has 3 aromatic rings. The topological polar surface area (TPSA) is 161 Å². The van der Waals surface area contributed by atoms with Crippen molar-refractivity contribution in [2.75, 3.05) is 6.61 Å². The molecule has 1 N–H and O–H groups in total. The van der Waals surface area contributed by atoms with Crippen LogP contribution in [0.5, 0.6) is 0 Å². The Kier molecular flexibility index (Phi) is 10.3. The van der Waals surface area contributed by atoms with Crippen LogP contribution in [0.4, 0.5) is 0 Å². The quantitative estimate of drug-likeness (QED) is 0.242. The standard InChI is InChI=1S/C28H29NO11S/c1-16(30)37-24-21(15-35-23(34)13-12-22(32)33)39-27(41-28-29-19-10-6-7-11-20(19)40-28)26(25(24)38-17(2)31)36-14-18-8-4-3-5-9-18/h3-11,21,24-27H,12-15H2,1-2H3,(H,32,33)/t21-,24-,25+,26-,27+/m1/s1. The summed E-state index contributed by atoms with van der Waals surface area (Å²) in [5.41, 5.74) is 1.07. The van der Waals surface area contributed by atoms with Gasteiger partial charge in [-0.05, 0) is 29.5 Å². The van der Waals surface area contributed by atoms with Gasteiger partial charge in [-0.2, -0.15) is 0 Å². The summed E-state index contributed by atoms with van der Waals surface area (Å²) < 4.78 is 34.8. The lowest BCUT2D eigenvalue weighted by atomic mass is 9.99. The molecule has 1 saturated heterocycles. The first-order valence-electron chi connectivity index (χ1n) is 12.7. The number of hydrogen-bond acceptors (Lipinski definition) is 12. The van der Waals surface area contributed by atoms with Crippen LogP contribution in [0.15, 0.2) is 64.2 Å². The number of aromatic nitrogens is 1. The van der Waals surface area contributed by atoms with Crippen molar-refractivity contribution in [2.24, 2.45) is 0 Å². The average molecular weight is 588 g/mol. The Balaban J connectivity index is 1.64. The Morgan fingerprint density at radius 1 is 0.902 bits per heavy atom. The van der Waals surface area contributed by atoms with E-state index in [4.69, 9.17) is 33.2 Å². The molecule has 0 amide bonds. The number of carboxylic acids is 1. The largest absolute Gasteiger partial charge is 0.481 e. The van der Waals surface area contributed by atoms with Crippen LogP contribution in [0.3, 0.4) is 0 Å². The minimum atomic E-state index is -1.22. The van der Waals surface area contributed by atoms with Crippen molar-refractivity contribution in [2.45, 2.75) is 68.4 Å². The van der Waals surface area contributed by atoms with E-state index in [-0.39, 0.29) is 18.3 Å². The van der Waals surface area contributed by atoms with Crippen LogP contribution in [0.2, 0.25) is 0 Å². The molecule has 1 aliphatic heterocycles. The molecular weight excluding hydrogens is 558 g/mol. The number of fused-ring (bicyclic) bond motifs is 1. The highest BCUT2D eigenvalue weighted by atomic mass is 32.2. The van der Waals surface area contributed by atoms with Gasteiger partial charge in [-0.1, -0.05) is 42.5 Å². The molecule has 0 aliphatic carbocycles. The molecule has 41 heavy (non-hydrogen) atoms. The molecule has 0 unspecified atom stereocenters. The molecule has 12 nitrogen and oxygen atoms in total. The minimum Gasteiger partial charge on any atom is -0.481 e. The third kappa shape index (κ3) is 8.52. The molecule has 1 aliphatic rings. The summed E-state index contributed by atoms with van der Waals surface area (Å²) in [6.07, 6.45) is -5.25. The summed E-state index contributed by atoms with van der Waals surface area (Å²) in [4.78, 5) is 51.8. The van der Waals surface area contributed by atoms with Crippen LogP contribution in [0, 0.1) is 0 Å². The van der Waals surface area contributed by atoms with Crippen LogP contribution < -0.4 is 0 Å². The molecule has 5 atom stereocenters. The second-order valence-corrected chi connectivity index (χ2v) is 10.1. The Labute approximate surface area is 239 Å². The summed E-state index contributed by atoms with van der Waals surface area (Å²) in [5.74, 6) is -3.29. The number of carboxylic acid groups (broad SMARTS) is 1. The maximum Gasteiger partial charge on any atom is 0.306 e. The number of nitrogens with zero attached hydrogens (tertiary/aromatic N) is 1. The molecular formula is C28H29NO11S. The summed E-state index contributed by atoms with van der Waals surface area (Å²) in [6, 6.07) is 16.4. The average Bonchev–Trinajstić information content (AvgIpc) is 3.34. The molecule has 218 valence electrons. The van der Waals surface area contributed by atoms with Gasteiger partial charge >= 0.3 is 23.9 Å². The summed E-state index contributed by atoms with van der Waals surface area (Å²) in [5, 5.41) is 9.10. The fraction of sp³-hybridized carbons (Fsp3) is 0.393. The Bertz CT molecular complexity index is 1330. The van der Waals surface area contributed by atoms with Gasteiger partial charge in [-0.3, -0.25) is 19.2 Å². The van der Waals surface area contributed by atoms with Gasteiger partial charge in [0.1, 0.15) is 29.8 Å². The van der Waals surface area contributed by atoms with Crippen LogP contribution >= 0.6 is 11.8 Å². The van der Waals surface area contributed by atoms with E-state index < -0.39 is 66.8 Å². The zero-order valence-electron chi connectivity index (χ0n) is 22.3. The number of oxazole rings is 1. The van der Waals surface area contributed by atoms with Gasteiger partial charge in [-0.25, -0.2) is 4.98 Å². The van der Waals surface area contributed by atoms with Gasteiger partial charge in [0, 0.05) is 13.8 Å². The molecule has 4 rings (SSSR count). The van der Waals surface area contributed by atoms with E-state index in [2.05, 4.69) is 4.98 Å². The number of esters is 3. The SMILES string of the molecule is CC(=O)O[C@@H]1[C@@H](OCc2ccccc2)[C@H](Sc2nc3ccccc3o2)O[C@H](COC(=O)CCC(=O)O)[C@H]1OC(C)=O. The minimum absolute atomic E-state index is 0.110. The first-order valence-corrected chi connectivity index (χ1v) is 13.6. The van der Waals surface area contributed by atoms with E-state index in [9.17, 15) is 19.2 Å². The first-order chi connectivity index (χ1) is 19.7. The third-order valence-corrected chi connectivity index (χ3v) is 6.91. The van der Waals surface area contributed by atoms with Crippen molar-refractivity contribution in [1.82, 2.24) is 4.98 Å². The number of rotatable bonds is 12. The lowest BCUT2D eigenvalue weighted by Crippen LogP contribution is -2.61. The zero-order chi connectivity index (χ0) is 29.4. The smallest absolute Gasteiger partial charge is 0.306 e. The summed E-state index contributed by atoms with van der Waals surface area (Å²) >= 11 is 1.06. The molecule has 1 fully saturated rings. The van der Waals surface area contributed by atoms with E-state index in [0.717, 1.165) is 17.3 Å². The monoisotopic (exact) mass is 587 g/mol. The number of benzene rings is 2. The second kappa shape index (κ2) is 14.1. The molecule has 2 heterocycles. The number of para-hydroxylation sites is 2. The van der Waals surface area contributed by atoms with E-state index in [1.54, 1.807) is 18.2 Å². The van der Waals surface area contributed by atoms with Gasteiger partial charge in [-0.15, -0.1) is 0 Å². The predicted molar refractivity (Wildman–Crippen MR) is 142 cm³/mol. The lowest BCUT2D eigenvalue weighted by molar-refractivity contribution is -0.241. The Hall–Kier alpha value is -3.94. The van der Waals surface area contributed by atoms with Crippen molar-refractivity contribution in [3.63, 3.8) is 0 Å². The fourth-order valence-corrected chi connectivity index (χ4v) is 5.22.